The molecule has 7 nitrogen and oxygen atoms in total. The summed E-state index contributed by atoms with van der Waals surface area (Å²) in [6.45, 7) is 17.1. The first kappa shape index (κ1) is 28.5. The van der Waals surface area contributed by atoms with Crippen LogP contribution in [0.3, 0.4) is 0 Å². The fraction of sp³-hybridized carbons (Fsp3) is 0.654. The Balaban J connectivity index is 3.32. The first-order chi connectivity index (χ1) is 15.2. The maximum absolute atomic E-state index is 13.5. The van der Waals surface area contributed by atoms with Crippen LogP contribution in [0.5, 0.6) is 0 Å². The van der Waals surface area contributed by atoms with Crippen molar-refractivity contribution in [3.8, 4) is 0 Å². The highest BCUT2D eigenvalue weighted by molar-refractivity contribution is 5.92. The molecule has 0 radical (unpaired) electrons. The summed E-state index contributed by atoms with van der Waals surface area (Å²) in [7, 11) is 0. The van der Waals surface area contributed by atoms with Crippen molar-refractivity contribution in [3.05, 3.63) is 35.4 Å². The van der Waals surface area contributed by atoms with E-state index < -0.39 is 29.3 Å². The molecule has 0 saturated heterocycles. The zero-order valence-corrected chi connectivity index (χ0v) is 21.9. The summed E-state index contributed by atoms with van der Waals surface area (Å²) in [6.07, 6.45) is 1.81. The Bertz CT molecular complexity index is 791. The van der Waals surface area contributed by atoms with E-state index in [1.54, 1.807) is 32.6 Å². The fourth-order valence-corrected chi connectivity index (χ4v) is 3.34. The molecule has 0 saturated carbocycles. The van der Waals surface area contributed by atoms with Gasteiger partial charge in [0, 0.05) is 12.1 Å². The van der Waals surface area contributed by atoms with Gasteiger partial charge in [0.15, 0.2) is 0 Å². The second kappa shape index (κ2) is 12.1. The number of carbonyl (C=O) groups excluding carboxylic acids is 3. The van der Waals surface area contributed by atoms with E-state index in [0.29, 0.717) is 6.54 Å². The number of nitrogens with one attached hydrogen (secondary N) is 2. The van der Waals surface area contributed by atoms with E-state index in [-0.39, 0.29) is 11.8 Å². The Morgan fingerprint density at radius 1 is 1.00 bits per heavy atom. The minimum atomic E-state index is -0.850. The standard InChI is InChI=1S/C26H43N3O4/c1-10-12-17-29(23(31)18(3)27-24(32)33-26(7,8)9)21(22(30)28-25(4,5)6)20-15-13-19(11-2)14-16-20/h13-16,18,21H,10-12,17H2,1-9H3,(H,27,32)(H,28,30). The van der Waals surface area contributed by atoms with Crippen LogP contribution in [0.2, 0.25) is 0 Å². The molecule has 0 aromatic heterocycles. The Labute approximate surface area is 199 Å². The van der Waals surface area contributed by atoms with Gasteiger partial charge in [-0.3, -0.25) is 9.59 Å². The van der Waals surface area contributed by atoms with Gasteiger partial charge < -0.3 is 20.3 Å². The molecule has 0 aliphatic heterocycles. The maximum atomic E-state index is 13.5. The number of carbonyl (C=O) groups is 3. The number of aryl methyl sites for hydroxylation is 1. The zero-order chi connectivity index (χ0) is 25.4. The van der Waals surface area contributed by atoms with Crippen LogP contribution in [0, 0.1) is 0 Å². The summed E-state index contributed by atoms with van der Waals surface area (Å²) >= 11 is 0. The molecule has 186 valence electrons. The lowest BCUT2D eigenvalue weighted by atomic mass is 9.99. The molecular weight excluding hydrogens is 418 g/mol. The van der Waals surface area contributed by atoms with Crippen molar-refractivity contribution in [2.45, 2.75) is 105 Å². The van der Waals surface area contributed by atoms with Crippen molar-refractivity contribution in [2.75, 3.05) is 6.54 Å². The molecule has 1 aromatic carbocycles. The number of ether oxygens (including phenoxy) is 1. The molecule has 0 heterocycles. The molecule has 33 heavy (non-hydrogen) atoms. The van der Waals surface area contributed by atoms with Crippen molar-refractivity contribution >= 4 is 17.9 Å². The molecular formula is C26H43N3O4. The zero-order valence-electron chi connectivity index (χ0n) is 21.9. The number of amides is 3. The van der Waals surface area contributed by atoms with Crippen molar-refractivity contribution in [3.63, 3.8) is 0 Å². The van der Waals surface area contributed by atoms with Gasteiger partial charge in [0.25, 0.3) is 0 Å². The second-order valence-corrected chi connectivity index (χ2v) is 10.5. The van der Waals surface area contributed by atoms with E-state index in [1.807, 2.05) is 52.0 Å². The van der Waals surface area contributed by atoms with Crippen LogP contribution in [0.25, 0.3) is 0 Å². The summed E-state index contributed by atoms with van der Waals surface area (Å²) in [5.41, 5.74) is 0.756. The van der Waals surface area contributed by atoms with Gasteiger partial charge in [-0.2, -0.15) is 0 Å². The molecule has 0 bridgehead atoms. The number of alkyl carbamates (subject to hydrolysis) is 1. The number of benzene rings is 1. The monoisotopic (exact) mass is 461 g/mol. The molecule has 0 fully saturated rings. The van der Waals surface area contributed by atoms with E-state index in [9.17, 15) is 14.4 Å². The predicted molar refractivity (Wildman–Crippen MR) is 132 cm³/mol. The third-order valence-electron chi connectivity index (χ3n) is 4.90. The van der Waals surface area contributed by atoms with Gasteiger partial charge >= 0.3 is 6.09 Å². The summed E-state index contributed by atoms with van der Waals surface area (Å²) in [6, 6.07) is 6.12. The second-order valence-electron chi connectivity index (χ2n) is 10.5. The van der Waals surface area contributed by atoms with Gasteiger partial charge in [0.05, 0.1) is 0 Å². The van der Waals surface area contributed by atoms with Crippen LogP contribution in [0.1, 0.15) is 92.3 Å². The first-order valence-electron chi connectivity index (χ1n) is 11.9. The van der Waals surface area contributed by atoms with Crippen LogP contribution in [-0.2, 0) is 20.7 Å². The van der Waals surface area contributed by atoms with E-state index in [4.69, 9.17) is 4.74 Å². The summed E-state index contributed by atoms with van der Waals surface area (Å²) in [5.74, 6) is -0.580. The highest BCUT2D eigenvalue weighted by Gasteiger charge is 2.35. The van der Waals surface area contributed by atoms with Gasteiger partial charge in [-0.05, 0) is 72.4 Å². The third kappa shape index (κ3) is 9.84. The number of hydrogen-bond acceptors (Lipinski definition) is 4. The van der Waals surface area contributed by atoms with E-state index >= 15 is 0 Å². The molecule has 0 aliphatic rings. The summed E-state index contributed by atoms with van der Waals surface area (Å²) in [5, 5.41) is 5.64. The van der Waals surface area contributed by atoms with E-state index in [0.717, 1.165) is 30.4 Å². The lowest BCUT2D eigenvalue weighted by Gasteiger charge is -2.35. The lowest BCUT2D eigenvalue weighted by Crippen LogP contribution is -2.54. The smallest absolute Gasteiger partial charge is 0.408 e. The van der Waals surface area contributed by atoms with Crippen molar-refractivity contribution in [2.24, 2.45) is 0 Å². The molecule has 2 N–H and O–H groups in total. The van der Waals surface area contributed by atoms with Crippen molar-refractivity contribution in [1.82, 2.24) is 15.5 Å². The van der Waals surface area contributed by atoms with Crippen molar-refractivity contribution < 1.29 is 19.1 Å². The van der Waals surface area contributed by atoms with Gasteiger partial charge in [-0.15, -0.1) is 0 Å². The van der Waals surface area contributed by atoms with Crippen LogP contribution >= 0.6 is 0 Å². The van der Waals surface area contributed by atoms with Crippen molar-refractivity contribution in [1.29, 1.82) is 0 Å². The molecule has 3 amide bonds. The Morgan fingerprint density at radius 3 is 2.03 bits per heavy atom. The van der Waals surface area contributed by atoms with E-state index in [2.05, 4.69) is 17.6 Å². The molecule has 2 atom stereocenters. The number of hydrogen-bond donors (Lipinski definition) is 2. The highest BCUT2D eigenvalue weighted by atomic mass is 16.6. The van der Waals surface area contributed by atoms with Crippen LogP contribution < -0.4 is 10.6 Å². The number of nitrogens with zero attached hydrogens (tertiary/aromatic N) is 1. The number of rotatable bonds is 9. The quantitative estimate of drug-likeness (QED) is 0.556. The molecule has 7 heteroatoms. The normalized spacial score (nSPS) is 13.6. The number of unbranched alkanes of at least 4 members (excludes halogenated alkanes) is 1. The largest absolute Gasteiger partial charge is 0.444 e. The van der Waals surface area contributed by atoms with Crippen LogP contribution in [0.15, 0.2) is 24.3 Å². The van der Waals surface area contributed by atoms with E-state index in [1.165, 1.54) is 0 Å². The maximum Gasteiger partial charge on any atom is 0.408 e. The molecule has 0 spiro atoms. The fourth-order valence-electron chi connectivity index (χ4n) is 3.34. The first-order valence-corrected chi connectivity index (χ1v) is 11.9. The minimum absolute atomic E-state index is 0.249. The topological polar surface area (TPSA) is 87.7 Å². The Morgan fingerprint density at radius 2 is 1.58 bits per heavy atom. The van der Waals surface area contributed by atoms with Gasteiger partial charge in [0.2, 0.25) is 11.8 Å². The Kier molecular flexibility index (Phi) is 10.4. The Hall–Kier alpha value is -2.57. The summed E-state index contributed by atoms with van der Waals surface area (Å²) < 4.78 is 5.30. The van der Waals surface area contributed by atoms with Gasteiger partial charge in [0.1, 0.15) is 17.7 Å². The molecule has 1 aromatic rings. The highest BCUT2D eigenvalue weighted by Crippen LogP contribution is 2.25. The minimum Gasteiger partial charge on any atom is -0.444 e. The van der Waals surface area contributed by atoms with Gasteiger partial charge in [-0.1, -0.05) is 44.5 Å². The van der Waals surface area contributed by atoms with Crippen LogP contribution in [0.4, 0.5) is 4.79 Å². The lowest BCUT2D eigenvalue weighted by molar-refractivity contribution is -0.142. The van der Waals surface area contributed by atoms with Crippen LogP contribution in [-0.4, -0.2) is 46.5 Å². The summed E-state index contributed by atoms with van der Waals surface area (Å²) in [4.78, 5) is 40.8. The third-order valence-corrected chi connectivity index (χ3v) is 4.90. The predicted octanol–water partition coefficient (Wildman–Crippen LogP) is 4.75. The average Bonchev–Trinajstić information content (AvgIpc) is 2.67. The van der Waals surface area contributed by atoms with Gasteiger partial charge in [-0.25, -0.2) is 4.79 Å². The molecule has 2 unspecified atom stereocenters. The SMILES string of the molecule is CCCCN(C(=O)C(C)NC(=O)OC(C)(C)C)C(C(=O)NC(C)(C)C)c1ccc(CC)cc1. The average molecular weight is 462 g/mol. The molecule has 0 aliphatic carbocycles. The molecule has 1 rings (SSSR count).